The van der Waals surface area contributed by atoms with Crippen LogP contribution in [0.5, 0.6) is 5.75 Å². The lowest BCUT2D eigenvalue weighted by Crippen LogP contribution is -2.14. The van der Waals surface area contributed by atoms with E-state index in [0.29, 0.717) is 0 Å². The van der Waals surface area contributed by atoms with Gasteiger partial charge >= 0.3 is 0 Å². The fraction of sp³-hybridized carbons (Fsp3) is 0.571. The summed E-state index contributed by atoms with van der Waals surface area (Å²) in [6, 6.07) is 4.20. The van der Waals surface area contributed by atoms with E-state index in [1.807, 2.05) is 6.07 Å². The van der Waals surface area contributed by atoms with Crippen LogP contribution in [0.15, 0.2) is 12.1 Å². The van der Waals surface area contributed by atoms with Gasteiger partial charge in [-0.05, 0) is 23.5 Å². The van der Waals surface area contributed by atoms with Gasteiger partial charge in [-0.15, -0.1) is 0 Å². The number of benzene rings is 1. The van der Waals surface area contributed by atoms with Crippen LogP contribution in [-0.2, 0) is 18.4 Å². The molecule has 0 unspecified atom stereocenters. The van der Waals surface area contributed by atoms with Crippen LogP contribution in [0.3, 0.4) is 0 Å². The van der Waals surface area contributed by atoms with Crippen LogP contribution >= 0.6 is 0 Å². The van der Waals surface area contributed by atoms with Crippen LogP contribution in [0.2, 0.25) is 0 Å². The molecular weight excluding hydrogens is 200 g/mol. The maximum absolute atomic E-state index is 9.38. The average Bonchev–Trinajstić information content (AvgIpc) is 2.25. The van der Waals surface area contributed by atoms with E-state index in [0.717, 1.165) is 17.7 Å². The molecule has 0 heterocycles. The fourth-order valence-corrected chi connectivity index (χ4v) is 1.87. The van der Waals surface area contributed by atoms with Crippen molar-refractivity contribution < 1.29 is 9.84 Å². The van der Waals surface area contributed by atoms with Crippen LogP contribution in [0.1, 0.15) is 44.4 Å². The average molecular weight is 222 g/mol. The van der Waals surface area contributed by atoms with Crippen LogP contribution in [0.25, 0.3) is 0 Å². The predicted molar refractivity (Wildman–Crippen MR) is 67.0 cm³/mol. The van der Waals surface area contributed by atoms with E-state index in [1.54, 1.807) is 7.11 Å². The lowest BCUT2D eigenvalue weighted by atomic mass is 9.83. The predicted octanol–water partition coefficient (Wildman–Crippen LogP) is 3.05. The summed E-state index contributed by atoms with van der Waals surface area (Å²) in [5.74, 6) is 0.826. The van der Waals surface area contributed by atoms with Crippen LogP contribution in [-0.4, -0.2) is 12.2 Å². The largest absolute Gasteiger partial charge is 0.496 e. The van der Waals surface area contributed by atoms with Crippen molar-refractivity contribution in [2.24, 2.45) is 0 Å². The van der Waals surface area contributed by atoms with Crippen LogP contribution in [0, 0.1) is 0 Å². The van der Waals surface area contributed by atoms with Gasteiger partial charge in [0.15, 0.2) is 0 Å². The number of rotatable bonds is 3. The molecule has 0 aliphatic heterocycles. The van der Waals surface area contributed by atoms with Gasteiger partial charge < -0.3 is 9.84 Å². The van der Waals surface area contributed by atoms with Gasteiger partial charge in [-0.1, -0.05) is 33.8 Å². The molecule has 0 amide bonds. The van der Waals surface area contributed by atoms with E-state index in [9.17, 15) is 5.11 Å². The number of hydrogen-bond donors (Lipinski definition) is 1. The number of hydrogen-bond acceptors (Lipinski definition) is 2. The first kappa shape index (κ1) is 13.0. The minimum absolute atomic E-state index is 0.0279. The summed E-state index contributed by atoms with van der Waals surface area (Å²) < 4.78 is 5.43. The minimum Gasteiger partial charge on any atom is -0.496 e. The van der Waals surface area contributed by atoms with Crippen molar-refractivity contribution in [3.05, 3.63) is 28.8 Å². The molecule has 0 spiro atoms. The van der Waals surface area contributed by atoms with Gasteiger partial charge in [0.1, 0.15) is 5.75 Å². The van der Waals surface area contributed by atoms with Crippen molar-refractivity contribution in [3.63, 3.8) is 0 Å². The Morgan fingerprint density at radius 3 is 2.25 bits per heavy atom. The molecule has 0 fully saturated rings. The quantitative estimate of drug-likeness (QED) is 0.851. The zero-order valence-electron chi connectivity index (χ0n) is 10.9. The SMILES string of the molecule is CCc1cc(CO)c(OC)c(C(C)(C)C)c1. The minimum atomic E-state index is 0.0279. The standard InChI is InChI=1S/C14H22O2/c1-6-10-7-11(9-15)13(16-5)12(8-10)14(2,3)4/h7-8,15H,6,9H2,1-5H3. The molecule has 1 N–H and O–H groups in total. The zero-order chi connectivity index (χ0) is 12.3. The summed E-state index contributed by atoms with van der Waals surface area (Å²) in [6.07, 6.45) is 0.972. The highest BCUT2D eigenvalue weighted by atomic mass is 16.5. The molecular formula is C14H22O2. The molecule has 0 bridgehead atoms. The molecule has 0 aromatic heterocycles. The fourth-order valence-electron chi connectivity index (χ4n) is 1.87. The van der Waals surface area contributed by atoms with Gasteiger partial charge in [0.25, 0.3) is 0 Å². The number of ether oxygens (including phenoxy) is 1. The Labute approximate surface area is 98.3 Å². The molecule has 0 aliphatic carbocycles. The molecule has 1 aromatic rings. The molecule has 90 valence electrons. The normalized spacial score (nSPS) is 11.6. The third-order valence-electron chi connectivity index (χ3n) is 2.82. The van der Waals surface area contributed by atoms with E-state index in [4.69, 9.17) is 4.74 Å². The highest BCUT2D eigenvalue weighted by Crippen LogP contribution is 2.35. The first-order chi connectivity index (χ1) is 7.43. The summed E-state index contributed by atoms with van der Waals surface area (Å²) in [4.78, 5) is 0. The molecule has 16 heavy (non-hydrogen) atoms. The lowest BCUT2D eigenvalue weighted by Gasteiger charge is -2.24. The van der Waals surface area contributed by atoms with E-state index < -0.39 is 0 Å². The maximum Gasteiger partial charge on any atom is 0.128 e. The Bertz CT molecular complexity index is 362. The van der Waals surface area contributed by atoms with E-state index in [-0.39, 0.29) is 12.0 Å². The number of aliphatic hydroxyl groups is 1. The third kappa shape index (κ3) is 2.56. The van der Waals surface area contributed by atoms with Gasteiger partial charge in [0.2, 0.25) is 0 Å². The molecule has 2 heteroatoms. The molecule has 0 saturated heterocycles. The van der Waals surface area contributed by atoms with E-state index >= 15 is 0 Å². The Balaban J connectivity index is 3.43. The van der Waals surface area contributed by atoms with E-state index in [1.165, 1.54) is 11.1 Å². The molecule has 0 aliphatic rings. The summed E-state index contributed by atoms with van der Waals surface area (Å²) in [6.45, 7) is 8.62. The van der Waals surface area contributed by atoms with Crippen molar-refractivity contribution in [2.75, 3.05) is 7.11 Å². The summed E-state index contributed by atoms with van der Waals surface area (Å²) in [7, 11) is 1.66. The van der Waals surface area contributed by atoms with Crippen molar-refractivity contribution in [2.45, 2.75) is 46.1 Å². The Morgan fingerprint density at radius 2 is 1.88 bits per heavy atom. The van der Waals surface area contributed by atoms with Crippen LogP contribution in [0.4, 0.5) is 0 Å². The Morgan fingerprint density at radius 1 is 1.25 bits per heavy atom. The summed E-state index contributed by atoms with van der Waals surface area (Å²) in [5, 5.41) is 9.38. The molecule has 1 aromatic carbocycles. The Kier molecular flexibility index (Phi) is 3.98. The second-order valence-electron chi connectivity index (χ2n) is 5.10. The van der Waals surface area contributed by atoms with Gasteiger partial charge in [-0.2, -0.15) is 0 Å². The Hall–Kier alpha value is -1.02. The van der Waals surface area contributed by atoms with Crippen molar-refractivity contribution in [1.82, 2.24) is 0 Å². The van der Waals surface area contributed by atoms with Crippen molar-refractivity contribution >= 4 is 0 Å². The molecule has 0 atom stereocenters. The van der Waals surface area contributed by atoms with Crippen LogP contribution < -0.4 is 4.74 Å². The molecule has 1 rings (SSSR count). The maximum atomic E-state index is 9.38. The highest BCUT2D eigenvalue weighted by Gasteiger charge is 2.21. The second kappa shape index (κ2) is 4.88. The van der Waals surface area contributed by atoms with Gasteiger partial charge in [-0.25, -0.2) is 0 Å². The van der Waals surface area contributed by atoms with Crippen molar-refractivity contribution in [3.8, 4) is 5.75 Å². The number of aryl methyl sites for hydroxylation is 1. The second-order valence-corrected chi connectivity index (χ2v) is 5.10. The monoisotopic (exact) mass is 222 g/mol. The van der Waals surface area contributed by atoms with Gasteiger partial charge in [0, 0.05) is 11.1 Å². The van der Waals surface area contributed by atoms with Gasteiger partial charge in [0.05, 0.1) is 13.7 Å². The number of methoxy groups -OCH3 is 1. The van der Waals surface area contributed by atoms with E-state index in [2.05, 4.69) is 33.8 Å². The highest BCUT2D eigenvalue weighted by molar-refractivity contribution is 5.47. The summed E-state index contributed by atoms with van der Waals surface area (Å²) in [5.41, 5.74) is 3.32. The number of aliphatic hydroxyl groups excluding tert-OH is 1. The summed E-state index contributed by atoms with van der Waals surface area (Å²) >= 11 is 0. The topological polar surface area (TPSA) is 29.5 Å². The zero-order valence-corrected chi connectivity index (χ0v) is 10.9. The molecule has 0 saturated carbocycles. The first-order valence-electron chi connectivity index (χ1n) is 5.75. The lowest BCUT2D eigenvalue weighted by molar-refractivity contribution is 0.272. The van der Waals surface area contributed by atoms with Gasteiger partial charge in [-0.3, -0.25) is 0 Å². The van der Waals surface area contributed by atoms with Crippen molar-refractivity contribution in [1.29, 1.82) is 0 Å². The smallest absolute Gasteiger partial charge is 0.128 e. The molecule has 2 nitrogen and oxygen atoms in total. The third-order valence-corrected chi connectivity index (χ3v) is 2.82. The molecule has 0 radical (unpaired) electrons. The first-order valence-corrected chi connectivity index (χ1v) is 5.75.